The highest BCUT2D eigenvalue weighted by molar-refractivity contribution is 6.12. The predicted molar refractivity (Wildman–Crippen MR) is 89.9 cm³/mol. The normalized spacial score (nSPS) is 18.5. The predicted octanol–water partition coefficient (Wildman–Crippen LogP) is 0.0583. The molecule has 24 heavy (non-hydrogen) atoms. The van der Waals surface area contributed by atoms with Crippen LogP contribution in [0.5, 0.6) is 0 Å². The Kier molecular flexibility index (Phi) is 3.62. The zero-order chi connectivity index (χ0) is 16.5. The number of amidine groups is 1. The Morgan fingerprint density at radius 1 is 1.42 bits per heavy atom. The summed E-state index contributed by atoms with van der Waals surface area (Å²) in [6.07, 6.45) is 7.21. The number of ether oxygens (including phenoxy) is 1. The van der Waals surface area contributed by atoms with Gasteiger partial charge in [-0.05, 0) is 6.08 Å². The number of hydrogen-bond donors (Lipinski definition) is 2. The Balaban J connectivity index is 1.67. The van der Waals surface area contributed by atoms with Crippen molar-refractivity contribution in [2.24, 2.45) is 4.99 Å². The van der Waals surface area contributed by atoms with E-state index in [1.54, 1.807) is 30.6 Å². The van der Waals surface area contributed by atoms with Gasteiger partial charge in [-0.25, -0.2) is 15.0 Å². The zero-order valence-corrected chi connectivity index (χ0v) is 13.2. The number of amides is 1. The Morgan fingerprint density at radius 3 is 3.21 bits per heavy atom. The van der Waals surface area contributed by atoms with E-state index in [0.29, 0.717) is 37.1 Å². The quantitative estimate of drug-likeness (QED) is 0.807. The first kappa shape index (κ1) is 14.6. The van der Waals surface area contributed by atoms with Crippen molar-refractivity contribution in [2.75, 3.05) is 48.5 Å². The lowest BCUT2D eigenvalue weighted by atomic mass is 10.3. The Labute approximate surface area is 138 Å². The lowest BCUT2D eigenvalue weighted by Crippen LogP contribution is -2.43. The summed E-state index contributed by atoms with van der Waals surface area (Å²) in [5, 5.41) is 6.16. The molecule has 0 saturated carbocycles. The lowest BCUT2D eigenvalue weighted by molar-refractivity contribution is -0.117. The van der Waals surface area contributed by atoms with Crippen molar-refractivity contribution in [1.82, 2.24) is 15.3 Å². The molecule has 0 aliphatic carbocycles. The molecule has 1 aromatic heterocycles. The van der Waals surface area contributed by atoms with Gasteiger partial charge >= 0.3 is 0 Å². The molecule has 0 bridgehead atoms. The van der Waals surface area contributed by atoms with Crippen molar-refractivity contribution < 1.29 is 9.53 Å². The van der Waals surface area contributed by atoms with Gasteiger partial charge in [-0.3, -0.25) is 9.69 Å². The smallest absolute Gasteiger partial charge is 0.247 e. The van der Waals surface area contributed by atoms with Crippen molar-refractivity contribution in [3.63, 3.8) is 0 Å². The van der Waals surface area contributed by atoms with Crippen LogP contribution in [-0.4, -0.2) is 55.1 Å². The van der Waals surface area contributed by atoms with E-state index in [9.17, 15) is 4.79 Å². The van der Waals surface area contributed by atoms with Crippen molar-refractivity contribution in [3.05, 3.63) is 30.4 Å². The highest BCUT2D eigenvalue weighted by Crippen LogP contribution is 2.29. The summed E-state index contributed by atoms with van der Waals surface area (Å²) in [7, 11) is 1.61. The topological polar surface area (TPSA) is 95.0 Å². The zero-order valence-electron chi connectivity index (χ0n) is 13.2. The van der Waals surface area contributed by atoms with Gasteiger partial charge in [-0.2, -0.15) is 0 Å². The van der Waals surface area contributed by atoms with E-state index in [1.807, 2.05) is 11.0 Å². The first-order valence-corrected chi connectivity index (χ1v) is 7.65. The third-order valence-electron chi connectivity index (χ3n) is 3.99. The number of nitrogens with one attached hydrogen (secondary N) is 2. The summed E-state index contributed by atoms with van der Waals surface area (Å²) in [5.41, 5.74) is 0.947. The van der Waals surface area contributed by atoms with E-state index in [2.05, 4.69) is 25.6 Å². The van der Waals surface area contributed by atoms with Crippen LogP contribution >= 0.6 is 0 Å². The lowest BCUT2D eigenvalue weighted by Gasteiger charge is -2.29. The molecule has 2 N–H and O–H groups in total. The molecule has 0 fully saturated rings. The van der Waals surface area contributed by atoms with Crippen LogP contribution in [0, 0.1) is 0 Å². The molecular weight excluding hydrogens is 310 g/mol. The molecular formula is C15H17N7O2. The van der Waals surface area contributed by atoms with Crippen LogP contribution in [0.4, 0.5) is 17.5 Å². The second-order valence-electron chi connectivity index (χ2n) is 5.43. The van der Waals surface area contributed by atoms with Gasteiger partial charge in [0.1, 0.15) is 0 Å². The molecule has 0 spiro atoms. The molecule has 0 unspecified atom stereocenters. The van der Waals surface area contributed by atoms with Crippen LogP contribution in [0.1, 0.15) is 0 Å². The molecule has 9 nitrogen and oxygen atoms in total. The van der Waals surface area contributed by atoms with Crippen LogP contribution in [0.3, 0.4) is 0 Å². The van der Waals surface area contributed by atoms with Gasteiger partial charge in [0.2, 0.25) is 5.91 Å². The van der Waals surface area contributed by atoms with Gasteiger partial charge in [-0.1, -0.05) is 0 Å². The van der Waals surface area contributed by atoms with E-state index in [1.165, 1.54) is 0 Å². The molecule has 3 aliphatic rings. The number of anilines is 3. The fraction of sp³-hybridized carbons (Fsp3) is 0.333. The number of carbonyl (C=O) groups is 1. The van der Waals surface area contributed by atoms with Gasteiger partial charge < -0.3 is 20.3 Å². The number of aliphatic imine (C=N–C) groups is 1. The summed E-state index contributed by atoms with van der Waals surface area (Å²) in [6.45, 7) is 1.74. The van der Waals surface area contributed by atoms with Crippen molar-refractivity contribution >= 4 is 29.2 Å². The molecule has 0 radical (unpaired) electrons. The van der Waals surface area contributed by atoms with E-state index in [4.69, 9.17) is 4.74 Å². The monoisotopic (exact) mass is 327 g/mol. The van der Waals surface area contributed by atoms with Gasteiger partial charge in [0.25, 0.3) is 0 Å². The molecule has 4 rings (SSSR count). The number of carbonyl (C=O) groups excluding carboxylic acids is 1. The first-order chi connectivity index (χ1) is 11.8. The largest absolute Gasteiger partial charge is 0.383 e. The molecule has 0 atom stereocenters. The van der Waals surface area contributed by atoms with E-state index in [-0.39, 0.29) is 12.5 Å². The molecule has 1 aromatic rings. The minimum Gasteiger partial charge on any atom is -0.383 e. The van der Waals surface area contributed by atoms with Gasteiger partial charge in [-0.15, -0.1) is 0 Å². The number of methoxy groups -OCH3 is 1. The summed E-state index contributed by atoms with van der Waals surface area (Å²) in [6, 6.07) is 0. The summed E-state index contributed by atoms with van der Waals surface area (Å²) >= 11 is 0. The maximum atomic E-state index is 12.2. The van der Waals surface area contributed by atoms with E-state index < -0.39 is 0 Å². The summed E-state index contributed by atoms with van der Waals surface area (Å²) < 4.78 is 5.09. The van der Waals surface area contributed by atoms with Crippen molar-refractivity contribution in [1.29, 1.82) is 0 Å². The summed E-state index contributed by atoms with van der Waals surface area (Å²) in [4.78, 5) is 29.2. The second-order valence-corrected chi connectivity index (χ2v) is 5.43. The van der Waals surface area contributed by atoms with E-state index >= 15 is 0 Å². The fourth-order valence-electron chi connectivity index (χ4n) is 2.80. The molecule has 9 heteroatoms. The molecule has 124 valence electrons. The molecule has 1 amide bonds. The Hall–Kier alpha value is -2.94. The van der Waals surface area contributed by atoms with Gasteiger partial charge in [0, 0.05) is 26.1 Å². The minimum atomic E-state index is -0.0501. The summed E-state index contributed by atoms with van der Waals surface area (Å²) in [5.74, 6) is 2.52. The van der Waals surface area contributed by atoms with Crippen LogP contribution in [-0.2, 0) is 9.53 Å². The number of fused-ring (bicyclic) bond motifs is 2. The highest BCUT2D eigenvalue weighted by atomic mass is 16.5. The number of rotatable bonds is 4. The third kappa shape index (κ3) is 2.38. The number of nitrogens with zero attached hydrogens (tertiary/aromatic N) is 5. The SMILES string of the molecule is COCCN1C(=O)CNc2ncc(N3CC=C4NC=CN=C43)nc21. The van der Waals surface area contributed by atoms with E-state index in [0.717, 1.165) is 11.5 Å². The average molecular weight is 327 g/mol. The van der Waals surface area contributed by atoms with Gasteiger partial charge in [0.15, 0.2) is 23.3 Å². The number of hydrogen-bond acceptors (Lipinski definition) is 8. The maximum absolute atomic E-state index is 12.2. The minimum absolute atomic E-state index is 0.0501. The van der Waals surface area contributed by atoms with Crippen LogP contribution < -0.4 is 20.4 Å². The standard InChI is InChI=1S/C15H17N7O2/c1-24-7-6-22-12(23)9-19-13-15(22)20-11(8-18-13)21-5-2-10-14(21)17-4-3-16-10/h2-4,8,16H,5-7,9H2,1H3,(H,18,19). The van der Waals surface area contributed by atoms with Crippen molar-refractivity contribution in [3.8, 4) is 0 Å². The van der Waals surface area contributed by atoms with Crippen molar-refractivity contribution in [2.45, 2.75) is 0 Å². The Morgan fingerprint density at radius 2 is 2.33 bits per heavy atom. The van der Waals surface area contributed by atoms with Gasteiger partial charge in [0.05, 0.1) is 31.6 Å². The molecule has 0 saturated heterocycles. The van der Waals surface area contributed by atoms with Crippen LogP contribution in [0.25, 0.3) is 0 Å². The molecule has 0 aromatic carbocycles. The molecule has 4 heterocycles. The molecule has 3 aliphatic heterocycles. The Bertz CT molecular complexity index is 771. The first-order valence-electron chi connectivity index (χ1n) is 7.65. The maximum Gasteiger partial charge on any atom is 0.247 e. The second kappa shape index (κ2) is 5.93. The third-order valence-corrected chi connectivity index (χ3v) is 3.99. The number of aromatic nitrogens is 2. The van der Waals surface area contributed by atoms with Crippen LogP contribution in [0.15, 0.2) is 35.4 Å². The highest BCUT2D eigenvalue weighted by Gasteiger charge is 2.30. The fourth-order valence-corrected chi connectivity index (χ4v) is 2.80. The average Bonchev–Trinajstić information content (AvgIpc) is 3.04. The van der Waals surface area contributed by atoms with Crippen LogP contribution in [0.2, 0.25) is 0 Å².